The number of likely N-dealkylation sites (tertiary alicyclic amines) is 1. The number of non-ortho nitro benzene ring substituents is 1. The van der Waals surface area contributed by atoms with Gasteiger partial charge >= 0.3 is 5.76 Å². The van der Waals surface area contributed by atoms with Gasteiger partial charge < -0.3 is 9.32 Å². The Balaban J connectivity index is 1.53. The molecule has 0 radical (unpaired) electrons. The molecule has 2 fully saturated rings. The molecule has 0 unspecified atom stereocenters. The van der Waals surface area contributed by atoms with Gasteiger partial charge in [0.1, 0.15) is 6.54 Å². The van der Waals surface area contributed by atoms with Crippen LogP contribution in [0, 0.1) is 22.0 Å². The lowest BCUT2D eigenvalue weighted by molar-refractivity contribution is -0.384. The molecule has 2 heterocycles. The van der Waals surface area contributed by atoms with E-state index < -0.39 is 10.7 Å². The quantitative estimate of drug-likeness (QED) is 0.619. The predicted molar refractivity (Wildman–Crippen MR) is 93.8 cm³/mol. The molecule has 0 bridgehead atoms. The number of nitrogens with zero attached hydrogens (tertiary/aromatic N) is 3. The van der Waals surface area contributed by atoms with Gasteiger partial charge in [-0.05, 0) is 30.7 Å². The van der Waals surface area contributed by atoms with E-state index in [1.54, 1.807) is 0 Å². The highest BCUT2D eigenvalue weighted by molar-refractivity contribution is 5.80. The van der Waals surface area contributed by atoms with Crippen LogP contribution in [0.2, 0.25) is 0 Å². The van der Waals surface area contributed by atoms with Gasteiger partial charge in [-0.15, -0.1) is 0 Å². The normalized spacial score (nSPS) is 23.0. The van der Waals surface area contributed by atoms with E-state index >= 15 is 0 Å². The highest BCUT2D eigenvalue weighted by Crippen LogP contribution is 2.36. The van der Waals surface area contributed by atoms with Gasteiger partial charge in [-0.2, -0.15) is 0 Å². The molecular weight excluding hydrogens is 338 g/mol. The van der Waals surface area contributed by atoms with Crippen LogP contribution in [0.4, 0.5) is 5.69 Å². The number of oxazole rings is 1. The molecule has 1 aromatic heterocycles. The number of fused-ring (bicyclic) bond motifs is 2. The summed E-state index contributed by atoms with van der Waals surface area (Å²) >= 11 is 0. The number of nitro groups is 1. The third-order valence-corrected chi connectivity index (χ3v) is 5.80. The Kier molecular flexibility index (Phi) is 4.26. The summed E-state index contributed by atoms with van der Waals surface area (Å²) in [5, 5.41) is 10.9. The molecule has 2 aliphatic rings. The second kappa shape index (κ2) is 6.59. The summed E-state index contributed by atoms with van der Waals surface area (Å²) in [6, 6.07) is 3.98. The van der Waals surface area contributed by atoms with Gasteiger partial charge in [0.05, 0.1) is 16.5 Å². The lowest BCUT2D eigenvalue weighted by Crippen LogP contribution is -2.46. The van der Waals surface area contributed by atoms with E-state index in [0.29, 0.717) is 11.4 Å². The summed E-state index contributed by atoms with van der Waals surface area (Å²) in [5.41, 5.74) is 0.383. The molecule has 2 atom stereocenters. The Labute approximate surface area is 149 Å². The van der Waals surface area contributed by atoms with Crippen molar-refractivity contribution in [2.24, 2.45) is 11.8 Å². The Hall–Kier alpha value is -2.64. The molecule has 1 amide bonds. The topological polar surface area (TPSA) is 98.6 Å². The zero-order valence-electron chi connectivity index (χ0n) is 14.4. The fourth-order valence-corrected chi connectivity index (χ4v) is 4.38. The average Bonchev–Trinajstić information content (AvgIpc) is 2.95. The number of nitro benzene ring substituents is 1. The van der Waals surface area contributed by atoms with E-state index in [1.165, 1.54) is 48.4 Å². The number of piperidine rings is 1. The molecule has 8 nitrogen and oxygen atoms in total. The molecule has 2 aromatic rings. The molecule has 0 N–H and O–H groups in total. The standard InChI is InChI=1S/C18H21N3O5/c22-17(19-8-7-12-3-1-2-4-13(12)10-19)11-20-15-6-5-14(21(24)25)9-16(15)26-18(20)23/h5-6,9,12-13H,1-4,7-8,10-11H2/t12-,13-/m0/s1. The monoisotopic (exact) mass is 359 g/mol. The predicted octanol–water partition coefficient (Wildman–Crippen LogP) is 2.54. The maximum atomic E-state index is 12.7. The van der Waals surface area contributed by atoms with Crippen molar-refractivity contribution < 1.29 is 14.1 Å². The van der Waals surface area contributed by atoms with Crippen LogP contribution in [0.5, 0.6) is 0 Å². The number of rotatable bonds is 3. The van der Waals surface area contributed by atoms with Crippen LogP contribution in [0.1, 0.15) is 32.1 Å². The van der Waals surface area contributed by atoms with Crippen LogP contribution in [0.3, 0.4) is 0 Å². The fraction of sp³-hybridized carbons (Fsp3) is 0.556. The number of aromatic nitrogens is 1. The highest BCUT2D eigenvalue weighted by atomic mass is 16.6. The summed E-state index contributed by atoms with van der Waals surface area (Å²) in [4.78, 5) is 37.0. The Morgan fingerprint density at radius 2 is 2.00 bits per heavy atom. The van der Waals surface area contributed by atoms with Gasteiger partial charge in [0.2, 0.25) is 5.91 Å². The smallest absolute Gasteiger partial charge is 0.407 e. The minimum absolute atomic E-state index is 0.0962. The van der Waals surface area contributed by atoms with Gasteiger partial charge in [-0.3, -0.25) is 19.5 Å². The summed E-state index contributed by atoms with van der Waals surface area (Å²) < 4.78 is 6.35. The average molecular weight is 359 g/mol. The third kappa shape index (κ3) is 3.00. The first kappa shape index (κ1) is 16.8. The zero-order chi connectivity index (χ0) is 18.3. The number of benzene rings is 1. The first-order valence-corrected chi connectivity index (χ1v) is 9.08. The summed E-state index contributed by atoms with van der Waals surface area (Å²) in [6.07, 6.45) is 5.99. The van der Waals surface area contributed by atoms with E-state index in [0.717, 1.165) is 25.4 Å². The second-order valence-electron chi connectivity index (χ2n) is 7.30. The molecular formula is C18H21N3O5. The number of amides is 1. The first-order chi connectivity index (χ1) is 12.5. The first-order valence-electron chi connectivity index (χ1n) is 9.08. The maximum absolute atomic E-state index is 12.7. The minimum atomic E-state index is -0.665. The second-order valence-corrected chi connectivity index (χ2v) is 7.30. The van der Waals surface area contributed by atoms with Crippen molar-refractivity contribution in [1.82, 2.24) is 9.47 Å². The number of carbonyl (C=O) groups excluding carboxylic acids is 1. The van der Waals surface area contributed by atoms with Crippen LogP contribution in [0.15, 0.2) is 27.4 Å². The van der Waals surface area contributed by atoms with Crippen LogP contribution in [-0.4, -0.2) is 33.4 Å². The maximum Gasteiger partial charge on any atom is 0.420 e. The van der Waals surface area contributed by atoms with E-state index in [4.69, 9.17) is 4.42 Å². The van der Waals surface area contributed by atoms with E-state index in [2.05, 4.69) is 0 Å². The van der Waals surface area contributed by atoms with Gasteiger partial charge in [0.15, 0.2) is 5.58 Å². The van der Waals surface area contributed by atoms with E-state index in [-0.39, 0.29) is 23.7 Å². The van der Waals surface area contributed by atoms with Crippen LogP contribution in [0.25, 0.3) is 11.1 Å². The molecule has 138 valence electrons. The van der Waals surface area contributed by atoms with Crippen molar-refractivity contribution in [2.45, 2.75) is 38.6 Å². The molecule has 8 heteroatoms. The van der Waals surface area contributed by atoms with Crippen molar-refractivity contribution in [1.29, 1.82) is 0 Å². The largest absolute Gasteiger partial charge is 0.420 e. The summed E-state index contributed by atoms with van der Waals surface area (Å²) in [7, 11) is 0. The van der Waals surface area contributed by atoms with E-state index in [9.17, 15) is 19.7 Å². The lowest BCUT2D eigenvalue weighted by atomic mass is 9.75. The lowest BCUT2D eigenvalue weighted by Gasteiger charge is -2.41. The van der Waals surface area contributed by atoms with Gasteiger partial charge in [-0.1, -0.05) is 19.3 Å². The van der Waals surface area contributed by atoms with Crippen molar-refractivity contribution in [2.75, 3.05) is 13.1 Å². The summed E-state index contributed by atoms with van der Waals surface area (Å²) in [5.74, 6) is 0.534. The number of hydrogen-bond acceptors (Lipinski definition) is 5. The molecule has 1 aromatic carbocycles. The molecule has 1 saturated heterocycles. The third-order valence-electron chi connectivity index (χ3n) is 5.80. The van der Waals surface area contributed by atoms with Gasteiger partial charge in [-0.25, -0.2) is 4.79 Å². The van der Waals surface area contributed by atoms with Crippen molar-refractivity contribution in [3.05, 3.63) is 38.9 Å². The van der Waals surface area contributed by atoms with E-state index in [1.807, 2.05) is 4.90 Å². The van der Waals surface area contributed by atoms with Crippen LogP contribution >= 0.6 is 0 Å². The van der Waals surface area contributed by atoms with Crippen LogP contribution < -0.4 is 5.76 Å². The fourth-order valence-electron chi connectivity index (χ4n) is 4.38. The Morgan fingerprint density at radius 1 is 1.23 bits per heavy atom. The molecule has 1 aliphatic heterocycles. The van der Waals surface area contributed by atoms with Crippen molar-refractivity contribution in [3.63, 3.8) is 0 Å². The molecule has 1 aliphatic carbocycles. The van der Waals surface area contributed by atoms with Gasteiger partial charge in [0.25, 0.3) is 5.69 Å². The SMILES string of the molecule is O=C(Cn1c(=O)oc2cc([N+](=O)[O-])ccc21)N1CC[C@@H]2CCCC[C@H]2C1. The molecule has 26 heavy (non-hydrogen) atoms. The van der Waals surface area contributed by atoms with Crippen LogP contribution in [-0.2, 0) is 11.3 Å². The minimum Gasteiger partial charge on any atom is -0.407 e. The molecule has 0 spiro atoms. The van der Waals surface area contributed by atoms with Crippen molar-refractivity contribution >= 4 is 22.7 Å². The molecule has 1 saturated carbocycles. The van der Waals surface area contributed by atoms with Crippen molar-refractivity contribution in [3.8, 4) is 0 Å². The number of carbonyl (C=O) groups is 1. The summed E-state index contributed by atoms with van der Waals surface area (Å²) in [6.45, 7) is 1.40. The Bertz CT molecular complexity index is 915. The number of hydrogen-bond donors (Lipinski definition) is 0. The zero-order valence-corrected chi connectivity index (χ0v) is 14.4. The van der Waals surface area contributed by atoms with Gasteiger partial charge in [0, 0.05) is 19.2 Å². The Morgan fingerprint density at radius 3 is 2.77 bits per heavy atom. The molecule has 4 rings (SSSR count). The highest BCUT2D eigenvalue weighted by Gasteiger charge is 2.33.